The maximum absolute atomic E-state index is 5.48. The number of alkyl halides is 1. The minimum Gasteiger partial charge on any atom is -0.379 e. The third-order valence-electron chi connectivity index (χ3n) is 2.06. The number of hydrogen-bond acceptors (Lipinski definition) is 2. The van der Waals surface area contributed by atoms with Crippen LogP contribution in [0.25, 0.3) is 0 Å². The normalized spacial score (nSPS) is 10.5. The highest BCUT2D eigenvalue weighted by Gasteiger charge is 1.92. The van der Waals surface area contributed by atoms with Crippen LogP contribution in [0, 0.1) is 6.92 Å². The van der Waals surface area contributed by atoms with Crippen molar-refractivity contribution in [1.82, 2.24) is 5.32 Å². The van der Waals surface area contributed by atoms with Crippen molar-refractivity contribution in [2.75, 3.05) is 25.6 Å². The maximum Gasteiger partial charge on any atom is 0.0602 e. The van der Waals surface area contributed by atoms with Crippen molar-refractivity contribution in [3.8, 4) is 0 Å². The molecule has 0 heterocycles. The van der Waals surface area contributed by atoms with E-state index < -0.39 is 0 Å². The van der Waals surface area contributed by atoms with Crippen LogP contribution in [0.5, 0.6) is 0 Å². The molecule has 1 rings (SSSR count). The standard InChI is InChI=1S/C12H18ClNO/c1-11-3-2-4-12(9-11)10-14-6-8-15-7-5-13/h2-4,9,14H,5-8,10H2,1H3. The first-order valence-electron chi connectivity index (χ1n) is 5.23. The van der Waals surface area contributed by atoms with Crippen LogP contribution in [-0.4, -0.2) is 25.6 Å². The molecule has 2 nitrogen and oxygen atoms in total. The Morgan fingerprint density at radius 3 is 2.93 bits per heavy atom. The van der Waals surface area contributed by atoms with Gasteiger partial charge in [0.05, 0.1) is 13.2 Å². The van der Waals surface area contributed by atoms with Crippen LogP contribution in [0.4, 0.5) is 0 Å². The summed E-state index contributed by atoms with van der Waals surface area (Å²) in [5.74, 6) is 0.567. The van der Waals surface area contributed by atoms with E-state index in [0.29, 0.717) is 12.5 Å². The molecular weight excluding hydrogens is 210 g/mol. The predicted molar refractivity (Wildman–Crippen MR) is 64.4 cm³/mol. The van der Waals surface area contributed by atoms with Crippen molar-refractivity contribution in [3.05, 3.63) is 35.4 Å². The van der Waals surface area contributed by atoms with Gasteiger partial charge in [-0.05, 0) is 12.5 Å². The Labute approximate surface area is 96.6 Å². The van der Waals surface area contributed by atoms with E-state index in [0.717, 1.165) is 19.7 Å². The summed E-state index contributed by atoms with van der Waals surface area (Å²) in [7, 11) is 0. The van der Waals surface area contributed by atoms with E-state index in [9.17, 15) is 0 Å². The molecule has 0 saturated carbocycles. The van der Waals surface area contributed by atoms with Gasteiger partial charge in [-0.25, -0.2) is 0 Å². The van der Waals surface area contributed by atoms with Gasteiger partial charge in [0.25, 0.3) is 0 Å². The summed E-state index contributed by atoms with van der Waals surface area (Å²) in [6.45, 7) is 5.22. The highest BCUT2D eigenvalue weighted by atomic mass is 35.5. The molecule has 0 atom stereocenters. The lowest BCUT2D eigenvalue weighted by Gasteiger charge is -2.05. The van der Waals surface area contributed by atoms with Crippen molar-refractivity contribution < 1.29 is 4.74 Å². The van der Waals surface area contributed by atoms with Crippen molar-refractivity contribution in [2.24, 2.45) is 0 Å². The minimum absolute atomic E-state index is 0.567. The van der Waals surface area contributed by atoms with Crippen LogP contribution in [0.3, 0.4) is 0 Å². The second-order valence-corrected chi connectivity index (χ2v) is 3.85. The second kappa shape index (κ2) is 7.69. The first-order chi connectivity index (χ1) is 7.33. The SMILES string of the molecule is Cc1cccc(CNCCOCCCl)c1. The van der Waals surface area contributed by atoms with E-state index in [-0.39, 0.29) is 0 Å². The van der Waals surface area contributed by atoms with Gasteiger partial charge in [-0.2, -0.15) is 0 Å². The van der Waals surface area contributed by atoms with E-state index in [2.05, 4.69) is 36.5 Å². The van der Waals surface area contributed by atoms with Crippen LogP contribution in [0.15, 0.2) is 24.3 Å². The molecule has 0 bridgehead atoms. The van der Waals surface area contributed by atoms with Gasteiger partial charge in [0.1, 0.15) is 0 Å². The largest absolute Gasteiger partial charge is 0.379 e. The van der Waals surface area contributed by atoms with E-state index in [1.54, 1.807) is 0 Å². The summed E-state index contributed by atoms with van der Waals surface area (Å²) in [6.07, 6.45) is 0. The Kier molecular flexibility index (Phi) is 6.41. The zero-order valence-corrected chi connectivity index (χ0v) is 9.89. The number of aryl methyl sites for hydroxylation is 1. The van der Waals surface area contributed by atoms with E-state index in [4.69, 9.17) is 16.3 Å². The molecule has 0 radical (unpaired) electrons. The van der Waals surface area contributed by atoms with Crippen molar-refractivity contribution in [2.45, 2.75) is 13.5 Å². The molecule has 0 aliphatic carbocycles. The third-order valence-corrected chi connectivity index (χ3v) is 2.21. The lowest BCUT2D eigenvalue weighted by molar-refractivity contribution is 0.151. The molecule has 1 N–H and O–H groups in total. The van der Waals surface area contributed by atoms with Crippen LogP contribution < -0.4 is 5.32 Å². The number of benzene rings is 1. The van der Waals surface area contributed by atoms with Gasteiger partial charge in [0, 0.05) is 19.0 Å². The Morgan fingerprint density at radius 1 is 1.33 bits per heavy atom. The number of nitrogens with one attached hydrogen (secondary N) is 1. The summed E-state index contributed by atoms with van der Waals surface area (Å²) < 4.78 is 5.25. The topological polar surface area (TPSA) is 21.3 Å². The van der Waals surface area contributed by atoms with Gasteiger partial charge >= 0.3 is 0 Å². The van der Waals surface area contributed by atoms with Gasteiger partial charge in [0.2, 0.25) is 0 Å². The molecule has 3 heteroatoms. The van der Waals surface area contributed by atoms with Crippen LogP contribution in [0.2, 0.25) is 0 Å². The second-order valence-electron chi connectivity index (χ2n) is 3.47. The smallest absolute Gasteiger partial charge is 0.0602 e. The summed E-state index contributed by atoms with van der Waals surface area (Å²) in [4.78, 5) is 0. The lowest BCUT2D eigenvalue weighted by Crippen LogP contribution is -2.19. The number of halogens is 1. The molecule has 0 fully saturated rings. The molecule has 1 aromatic rings. The lowest BCUT2D eigenvalue weighted by atomic mass is 10.1. The zero-order valence-electron chi connectivity index (χ0n) is 9.13. The predicted octanol–water partition coefficient (Wildman–Crippen LogP) is 2.34. The van der Waals surface area contributed by atoms with Crippen molar-refractivity contribution >= 4 is 11.6 Å². The Morgan fingerprint density at radius 2 is 2.20 bits per heavy atom. The first-order valence-corrected chi connectivity index (χ1v) is 5.76. The molecular formula is C12H18ClNO. The van der Waals surface area contributed by atoms with Gasteiger partial charge in [-0.1, -0.05) is 29.8 Å². The van der Waals surface area contributed by atoms with E-state index >= 15 is 0 Å². The molecule has 0 aliphatic rings. The molecule has 0 amide bonds. The fraction of sp³-hybridized carbons (Fsp3) is 0.500. The van der Waals surface area contributed by atoms with Crippen molar-refractivity contribution in [3.63, 3.8) is 0 Å². The van der Waals surface area contributed by atoms with E-state index in [1.165, 1.54) is 11.1 Å². The molecule has 84 valence electrons. The number of rotatable bonds is 7. The highest BCUT2D eigenvalue weighted by molar-refractivity contribution is 6.17. The van der Waals surface area contributed by atoms with Gasteiger partial charge < -0.3 is 10.1 Å². The fourth-order valence-electron chi connectivity index (χ4n) is 1.36. The van der Waals surface area contributed by atoms with Gasteiger partial charge in [-0.3, -0.25) is 0 Å². The summed E-state index contributed by atoms with van der Waals surface area (Å²) in [5, 5.41) is 3.32. The molecule has 0 saturated heterocycles. The Bertz CT molecular complexity index is 278. The Balaban J connectivity index is 2.10. The zero-order chi connectivity index (χ0) is 10.9. The molecule has 15 heavy (non-hydrogen) atoms. The molecule has 0 aromatic heterocycles. The van der Waals surface area contributed by atoms with Crippen molar-refractivity contribution in [1.29, 1.82) is 0 Å². The number of hydrogen-bond donors (Lipinski definition) is 1. The molecule has 0 unspecified atom stereocenters. The number of ether oxygens (including phenoxy) is 1. The fourth-order valence-corrected chi connectivity index (χ4v) is 1.46. The third kappa shape index (κ3) is 5.78. The van der Waals surface area contributed by atoms with Gasteiger partial charge in [0.15, 0.2) is 0 Å². The molecule has 0 spiro atoms. The van der Waals surface area contributed by atoms with Gasteiger partial charge in [-0.15, -0.1) is 11.6 Å². The Hall–Kier alpha value is -0.570. The molecule has 1 aromatic carbocycles. The van der Waals surface area contributed by atoms with Crippen LogP contribution in [0.1, 0.15) is 11.1 Å². The average molecular weight is 228 g/mol. The highest BCUT2D eigenvalue weighted by Crippen LogP contribution is 2.02. The van der Waals surface area contributed by atoms with Crippen LogP contribution in [-0.2, 0) is 11.3 Å². The summed E-state index contributed by atoms with van der Waals surface area (Å²) >= 11 is 5.48. The summed E-state index contributed by atoms with van der Waals surface area (Å²) in [5.41, 5.74) is 2.61. The summed E-state index contributed by atoms with van der Waals surface area (Å²) in [6, 6.07) is 8.50. The van der Waals surface area contributed by atoms with E-state index in [1.807, 2.05) is 0 Å². The van der Waals surface area contributed by atoms with Crippen LogP contribution >= 0.6 is 11.6 Å². The minimum atomic E-state index is 0.567. The quantitative estimate of drug-likeness (QED) is 0.570. The monoisotopic (exact) mass is 227 g/mol. The first kappa shape index (κ1) is 12.5. The maximum atomic E-state index is 5.48. The molecule has 0 aliphatic heterocycles. The average Bonchev–Trinajstić information content (AvgIpc) is 2.23.